The van der Waals surface area contributed by atoms with Gasteiger partial charge in [-0.2, -0.15) is 0 Å². The minimum absolute atomic E-state index is 0.0420. The summed E-state index contributed by atoms with van der Waals surface area (Å²) in [6, 6.07) is 5.68. The van der Waals surface area contributed by atoms with Gasteiger partial charge in [0.1, 0.15) is 12.7 Å². The van der Waals surface area contributed by atoms with Crippen LogP contribution < -0.4 is 26.6 Å². The number of aliphatic carboxylic acids is 1. The van der Waals surface area contributed by atoms with E-state index < -0.39 is 18.1 Å². The lowest BCUT2D eigenvalue weighted by molar-refractivity contribution is -0.533. The lowest BCUT2D eigenvalue weighted by atomic mass is 9.77. The normalized spacial score (nSPS) is 19.7. The van der Waals surface area contributed by atoms with Crippen molar-refractivity contribution in [2.45, 2.75) is 70.9 Å². The Balaban J connectivity index is 1.38. The van der Waals surface area contributed by atoms with Gasteiger partial charge in [0.05, 0.1) is 19.1 Å². The summed E-state index contributed by atoms with van der Waals surface area (Å²) < 4.78 is 2.21. The summed E-state index contributed by atoms with van der Waals surface area (Å²) in [5.41, 5.74) is 1.21. The molecule has 2 heterocycles. The first-order valence-corrected chi connectivity index (χ1v) is 13.4. The molecule has 1 saturated heterocycles. The summed E-state index contributed by atoms with van der Waals surface area (Å²) >= 11 is 0. The number of nitrogens with zero attached hydrogens (tertiary/aromatic N) is 1. The number of nitrogens with one attached hydrogen (secondary N) is 5. The Morgan fingerprint density at radius 3 is 2.59 bits per heavy atom. The summed E-state index contributed by atoms with van der Waals surface area (Å²) in [6.07, 6.45) is 7.40. The highest BCUT2D eigenvalue weighted by Gasteiger charge is 2.38. The van der Waals surface area contributed by atoms with Crippen LogP contribution in [0, 0.1) is 5.41 Å². The molecule has 2 aliphatic rings. The summed E-state index contributed by atoms with van der Waals surface area (Å²) in [4.78, 5) is 36.9. The molecule has 3 rings (SSSR count). The molecule has 1 fully saturated rings. The Labute approximate surface area is 219 Å². The number of hydrogen-bond donors (Lipinski definition) is 6. The maximum absolute atomic E-state index is 12.8. The number of piperidine rings is 1. The van der Waals surface area contributed by atoms with Gasteiger partial charge in [0.15, 0.2) is 0 Å². The van der Waals surface area contributed by atoms with Crippen LogP contribution in [0.25, 0.3) is 0 Å². The van der Waals surface area contributed by atoms with Gasteiger partial charge < -0.3 is 21.1 Å². The first-order valence-electron chi connectivity index (χ1n) is 13.4. The summed E-state index contributed by atoms with van der Waals surface area (Å²) in [5.74, 6) is -1.39. The van der Waals surface area contributed by atoms with E-state index >= 15 is 0 Å². The van der Waals surface area contributed by atoms with E-state index in [9.17, 15) is 19.5 Å². The summed E-state index contributed by atoms with van der Waals surface area (Å²) in [6.45, 7) is 8.57. The number of hydrogen-bond acceptors (Lipinski definition) is 6. The largest absolute Gasteiger partial charge is 0.480 e. The second kappa shape index (κ2) is 14.1. The van der Waals surface area contributed by atoms with Crippen LogP contribution in [0.2, 0.25) is 0 Å². The zero-order valence-electron chi connectivity index (χ0n) is 22.1. The van der Waals surface area contributed by atoms with Crippen molar-refractivity contribution in [1.29, 1.82) is 0 Å². The van der Waals surface area contributed by atoms with Crippen molar-refractivity contribution < 1.29 is 24.1 Å². The topological polar surface area (TPSA) is 135 Å². The van der Waals surface area contributed by atoms with Crippen LogP contribution in [0.1, 0.15) is 57.9 Å². The number of rotatable bonds is 13. The number of carbonyl (C=O) groups excluding carboxylic acids is 2. The zero-order chi connectivity index (χ0) is 26.7. The third-order valence-corrected chi connectivity index (χ3v) is 7.04. The van der Waals surface area contributed by atoms with E-state index in [-0.39, 0.29) is 23.7 Å². The molecule has 10 nitrogen and oxygen atoms in total. The van der Waals surface area contributed by atoms with Gasteiger partial charge in [-0.25, -0.2) is 4.79 Å². The van der Waals surface area contributed by atoms with E-state index in [1.54, 1.807) is 24.3 Å². The highest BCUT2D eigenvalue weighted by molar-refractivity contribution is 5.90. The number of benzene rings is 1. The molecule has 0 aliphatic carbocycles. The average molecular weight is 516 g/mol. The molecule has 37 heavy (non-hydrogen) atoms. The highest BCUT2D eigenvalue weighted by Crippen LogP contribution is 2.30. The van der Waals surface area contributed by atoms with E-state index in [4.69, 9.17) is 0 Å². The summed E-state index contributed by atoms with van der Waals surface area (Å²) in [7, 11) is 0. The number of anilines is 1. The standard InChI is InChI=1S/C27H42N6O4/c1-27(2)12-5-15-30-24(27)25(35)32-22(26(36)37)17-20-8-10-21(11-9-20)31-23(34)7-3-4-13-28-18-33-16-6-14-29-19-33/h8-11,19,22,24,28,30H,3-7,12-18H2,1-2H3,(H3,31,32,34,35,36,37)/p+1. The Bertz CT molecular complexity index is 947. The number of carboxylic acid groups (broad SMARTS) is 1. The number of carboxylic acids is 1. The fourth-order valence-electron chi connectivity index (χ4n) is 4.82. The molecule has 2 amide bonds. The molecule has 2 atom stereocenters. The molecule has 0 bridgehead atoms. The van der Waals surface area contributed by atoms with Crippen LogP contribution in [0.4, 0.5) is 5.69 Å². The Morgan fingerprint density at radius 1 is 1.14 bits per heavy atom. The molecule has 10 heteroatoms. The van der Waals surface area contributed by atoms with Crippen molar-refractivity contribution in [3.05, 3.63) is 29.8 Å². The molecule has 2 aliphatic heterocycles. The van der Waals surface area contributed by atoms with Crippen LogP contribution in [-0.4, -0.2) is 78.7 Å². The van der Waals surface area contributed by atoms with Crippen molar-refractivity contribution in [1.82, 2.24) is 21.3 Å². The first-order chi connectivity index (χ1) is 17.7. The SMILES string of the molecule is CC1(C)CCCNC1C(=O)NC(Cc1ccc(NC(=O)CCCCNC[N+]2=CNCCC2)cc1)C(=O)O. The van der Waals surface area contributed by atoms with Crippen molar-refractivity contribution in [2.24, 2.45) is 5.41 Å². The quantitative estimate of drug-likeness (QED) is 0.172. The summed E-state index contributed by atoms with van der Waals surface area (Å²) in [5, 5.41) is 25.1. The Kier molecular flexibility index (Phi) is 10.9. The third-order valence-electron chi connectivity index (χ3n) is 7.04. The predicted molar refractivity (Wildman–Crippen MR) is 144 cm³/mol. The highest BCUT2D eigenvalue weighted by atomic mass is 16.4. The lowest BCUT2D eigenvalue weighted by Gasteiger charge is -2.38. The fraction of sp³-hybridized carbons (Fsp3) is 0.630. The van der Waals surface area contributed by atoms with Gasteiger partial charge in [-0.05, 0) is 61.9 Å². The van der Waals surface area contributed by atoms with Crippen LogP contribution >= 0.6 is 0 Å². The third kappa shape index (κ3) is 9.44. The van der Waals surface area contributed by atoms with Gasteiger partial charge in [-0.3, -0.25) is 24.8 Å². The van der Waals surface area contributed by atoms with Crippen molar-refractivity contribution in [3.8, 4) is 0 Å². The molecule has 1 aromatic carbocycles. The molecule has 1 aromatic rings. The van der Waals surface area contributed by atoms with Gasteiger partial charge in [-0.1, -0.05) is 26.0 Å². The molecule has 6 N–H and O–H groups in total. The molecule has 0 aromatic heterocycles. The monoisotopic (exact) mass is 515 g/mol. The minimum atomic E-state index is -1.07. The molecule has 0 saturated carbocycles. The average Bonchev–Trinajstić information content (AvgIpc) is 2.87. The molecule has 0 spiro atoms. The number of carbonyl (C=O) groups is 3. The Hall–Kier alpha value is -2.98. The van der Waals surface area contributed by atoms with Crippen molar-refractivity contribution >= 4 is 29.8 Å². The van der Waals surface area contributed by atoms with Gasteiger partial charge in [-0.15, -0.1) is 0 Å². The van der Waals surface area contributed by atoms with Gasteiger partial charge in [0.2, 0.25) is 18.2 Å². The van der Waals surface area contributed by atoms with Crippen LogP contribution in [0.15, 0.2) is 24.3 Å². The second-order valence-electron chi connectivity index (χ2n) is 10.7. The smallest absolute Gasteiger partial charge is 0.326 e. The second-order valence-corrected chi connectivity index (χ2v) is 10.7. The van der Waals surface area contributed by atoms with Crippen molar-refractivity contribution in [3.63, 3.8) is 0 Å². The van der Waals surface area contributed by atoms with Gasteiger partial charge in [0, 0.05) is 24.9 Å². The predicted octanol–water partition coefficient (Wildman–Crippen LogP) is 1.27. The van der Waals surface area contributed by atoms with E-state index in [1.165, 1.54) is 0 Å². The molecular weight excluding hydrogens is 472 g/mol. The van der Waals surface area contributed by atoms with Gasteiger partial charge >= 0.3 is 5.97 Å². The van der Waals surface area contributed by atoms with Crippen LogP contribution in [-0.2, 0) is 20.8 Å². The van der Waals surface area contributed by atoms with Gasteiger partial charge in [0.25, 0.3) is 0 Å². The fourth-order valence-corrected chi connectivity index (χ4v) is 4.82. The molecule has 204 valence electrons. The van der Waals surface area contributed by atoms with Crippen LogP contribution in [0.5, 0.6) is 0 Å². The van der Waals surface area contributed by atoms with E-state index in [1.807, 2.05) is 20.2 Å². The zero-order valence-corrected chi connectivity index (χ0v) is 22.1. The van der Waals surface area contributed by atoms with E-state index in [2.05, 4.69) is 31.2 Å². The van der Waals surface area contributed by atoms with E-state index in [0.29, 0.717) is 12.1 Å². The van der Waals surface area contributed by atoms with Crippen LogP contribution in [0.3, 0.4) is 0 Å². The van der Waals surface area contributed by atoms with E-state index in [0.717, 1.165) is 70.5 Å². The number of amides is 2. The number of unbranched alkanes of at least 4 members (excludes halogenated alkanes) is 1. The maximum atomic E-state index is 12.8. The van der Waals surface area contributed by atoms with Crippen molar-refractivity contribution in [2.75, 3.05) is 38.2 Å². The maximum Gasteiger partial charge on any atom is 0.326 e. The molecular formula is C27H43N6O4+. The minimum Gasteiger partial charge on any atom is -0.480 e. The molecule has 2 unspecified atom stereocenters. The Morgan fingerprint density at radius 2 is 1.92 bits per heavy atom. The first kappa shape index (κ1) is 28.6. The lowest BCUT2D eigenvalue weighted by Crippen LogP contribution is -2.58. The molecule has 0 radical (unpaired) electrons.